The molecule has 1 saturated carbocycles. The molecule has 0 aliphatic heterocycles. The molecule has 0 saturated heterocycles. The van der Waals surface area contributed by atoms with Crippen molar-refractivity contribution >= 4 is 12.4 Å². The Morgan fingerprint density at radius 2 is 1.32 bits per heavy atom. The lowest BCUT2D eigenvalue weighted by atomic mass is 9.58. The van der Waals surface area contributed by atoms with Crippen molar-refractivity contribution in [3.8, 4) is 0 Å². The number of unbranched alkanes of at least 4 members (excludes halogenated alkanes) is 10. The molecular weight excluding hydrogens is 362 g/mol. The topological polar surface area (TPSA) is 26.0 Å². The summed E-state index contributed by atoms with van der Waals surface area (Å²) in [6, 6.07) is 0.452. The molecule has 0 radical (unpaired) electrons. The summed E-state index contributed by atoms with van der Waals surface area (Å²) in [6.07, 6.45) is 28.1. The van der Waals surface area contributed by atoms with Gasteiger partial charge in [0.15, 0.2) is 0 Å². The zero-order chi connectivity index (χ0) is 19.8. The highest BCUT2D eigenvalue weighted by molar-refractivity contribution is 5.85. The second-order valence-electron chi connectivity index (χ2n) is 9.65. The molecule has 170 valence electrons. The molecule has 1 nitrogen and oxygen atoms in total. The Morgan fingerprint density at radius 3 is 1.86 bits per heavy atom. The normalized spacial score (nSPS) is 23.4. The van der Waals surface area contributed by atoms with E-state index in [1.807, 2.05) is 0 Å². The predicted octanol–water partition coefficient (Wildman–Crippen LogP) is 9.21. The van der Waals surface area contributed by atoms with Crippen molar-refractivity contribution in [2.24, 2.45) is 17.1 Å². The Balaban J connectivity index is 0.00000729. The van der Waals surface area contributed by atoms with Crippen molar-refractivity contribution in [2.75, 3.05) is 0 Å². The second-order valence-corrected chi connectivity index (χ2v) is 9.65. The van der Waals surface area contributed by atoms with Crippen molar-refractivity contribution in [1.82, 2.24) is 0 Å². The van der Waals surface area contributed by atoms with Gasteiger partial charge in [0.2, 0.25) is 0 Å². The van der Waals surface area contributed by atoms with Crippen LogP contribution in [0.5, 0.6) is 0 Å². The van der Waals surface area contributed by atoms with Crippen LogP contribution in [0.4, 0.5) is 0 Å². The largest absolute Gasteiger partial charge is 0.327 e. The second kappa shape index (κ2) is 18.1. The van der Waals surface area contributed by atoms with E-state index in [1.165, 1.54) is 128 Å². The Labute approximate surface area is 184 Å². The first kappa shape index (κ1) is 28.2. The minimum atomic E-state index is 0. The van der Waals surface area contributed by atoms with Crippen molar-refractivity contribution in [2.45, 2.75) is 155 Å². The number of hydrogen-bond acceptors (Lipinski definition) is 1. The van der Waals surface area contributed by atoms with Gasteiger partial charge in [-0.25, -0.2) is 0 Å². The van der Waals surface area contributed by atoms with Crippen LogP contribution in [-0.2, 0) is 0 Å². The summed E-state index contributed by atoms with van der Waals surface area (Å²) < 4.78 is 0. The zero-order valence-electron chi connectivity index (χ0n) is 19.8. The number of rotatable bonds is 17. The van der Waals surface area contributed by atoms with Gasteiger partial charge in [0.25, 0.3) is 0 Å². The third-order valence-electron chi connectivity index (χ3n) is 7.47. The fourth-order valence-corrected chi connectivity index (χ4v) is 5.90. The summed E-state index contributed by atoms with van der Waals surface area (Å²) in [7, 11) is 0. The Kier molecular flexibility index (Phi) is 18.2. The molecule has 1 rings (SSSR count). The summed E-state index contributed by atoms with van der Waals surface area (Å²) in [5.41, 5.74) is 7.38. The molecule has 0 bridgehead atoms. The van der Waals surface area contributed by atoms with Crippen LogP contribution in [0.25, 0.3) is 0 Å². The summed E-state index contributed by atoms with van der Waals surface area (Å²) in [5, 5.41) is 0. The van der Waals surface area contributed by atoms with Gasteiger partial charge in [-0.3, -0.25) is 0 Å². The number of nitrogens with two attached hydrogens (primary N) is 1. The Morgan fingerprint density at radius 1 is 0.750 bits per heavy atom. The van der Waals surface area contributed by atoms with Gasteiger partial charge in [-0.2, -0.15) is 0 Å². The molecule has 2 heteroatoms. The maximum atomic E-state index is 6.91. The van der Waals surface area contributed by atoms with Crippen LogP contribution in [0.15, 0.2) is 0 Å². The first-order valence-electron chi connectivity index (χ1n) is 13.0. The molecule has 28 heavy (non-hydrogen) atoms. The fraction of sp³-hybridized carbons (Fsp3) is 1.00. The minimum Gasteiger partial charge on any atom is -0.327 e. The van der Waals surface area contributed by atoms with Crippen LogP contribution in [0.2, 0.25) is 0 Å². The van der Waals surface area contributed by atoms with Gasteiger partial charge in [0.1, 0.15) is 0 Å². The maximum absolute atomic E-state index is 6.91. The summed E-state index contributed by atoms with van der Waals surface area (Å²) in [4.78, 5) is 0. The van der Waals surface area contributed by atoms with Gasteiger partial charge in [0, 0.05) is 6.04 Å². The van der Waals surface area contributed by atoms with E-state index in [0.717, 1.165) is 5.92 Å². The molecule has 0 aromatic carbocycles. The van der Waals surface area contributed by atoms with Gasteiger partial charge in [0.05, 0.1) is 0 Å². The van der Waals surface area contributed by atoms with E-state index in [-0.39, 0.29) is 12.4 Å². The van der Waals surface area contributed by atoms with Gasteiger partial charge in [-0.1, -0.05) is 124 Å². The van der Waals surface area contributed by atoms with E-state index in [0.29, 0.717) is 11.5 Å². The monoisotopic (exact) mass is 415 g/mol. The highest BCUT2D eigenvalue weighted by Gasteiger charge is 2.43. The molecule has 1 aliphatic carbocycles. The number of halogens is 1. The molecular formula is C26H54ClN. The first-order valence-corrected chi connectivity index (χ1v) is 13.0. The molecule has 0 aromatic heterocycles. The van der Waals surface area contributed by atoms with E-state index in [9.17, 15) is 0 Å². The summed E-state index contributed by atoms with van der Waals surface area (Å²) >= 11 is 0. The van der Waals surface area contributed by atoms with Gasteiger partial charge >= 0.3 is 0 Å². The van der Waals surface area contributed by atoms with Crippen LogP contribution >= 0.6 is 12.4 Å². The SMILES string of the molecule is CCCCCCCCCCCCCC(N)C1(CCC)CCCCC1CCC.Cl. The third kappa shape index (κ3) is 10.3. The Hall–Kier alpha value is 0.250. The average Bonchev–Trinajstić information content (AvgIpc) is 2.68. The molecule has 0 spiro atoms. The average molecular weight is 416 g/mol. The highest BCUT2D eigenvalue weighted by atomic mass is 35.5. The molecule has 0 heterocycles. The molecule has 3 atom stereocenters. The van der Waals surface area contributed by atoms with Gasteiger partial charge in [-0.05, 0) is 37.0 Å². The molecule has 2 N–H and O–H groups in total. The van der Waals surface area contributed by atoms with E-state index in [2.05, 4.69) is 20.8 Å². The summed E-state index contributed by atoms with van der Waals surface area (Å²) in [6.45, 7) is 7.03. The quantitative estimate of drug-likeness (QED) is 0.235. The first-order chi connectivity index (χ1) is 13.2. The minimum absolute atomic E-state index is 0. The molecule has 3 unspecified atom stereocenters. The van der Waals surface area contributed by atoms with E-state index in [1.54, 1.807) is 0 Å². The highest BCUT2D eigenvalue weighted by Crippen LogP contribution is 2.49. The maximum Gasteiger partial charge on any atom is 0.00982 e. The van der Waals surface area contributed by atoms with Crippen molar-refractivity contribution in [1.29, 1.82) is 0 Å². The van der Waals surface area contributed by atoms with Crippen LogP contribution in [0.1, 0.15) is 149 Å². The van der Waals surface area contributed by atoms with Gasteiger partial charge < -0.3 is 5.73 Å². The van der Waals surface area contributed by atoms with Crippen LogP contribution < -0.4 is 5.73 Å². The van der Waals surface area contributed by atoms with Crippen molar-refractivity contribution in [3.63, 3.8) is 0 Å². The Bertz CT molecular complexity index is 326. The van der Waals surface area contributed by atoms with Crippen molar-refractivity contribution in [3.05, 3.63) is 0 Å². The lowest BCUT2D eigenvalue weighted by Gasteiger charge is -2.49. The smallest absolute Gasteiger partial charge is 0.00982 e. The van der Waals surface area contributed by atoms with Gasteiger partial charge in [-0.15, -0.1) is 12.4 Å². The van der Waals surface area contributed by atoms with Crippen LogP contribution in [0.3, 0.4) is 0 Å². The van der Waals surface area contributed by atoms with Crippen molar-refractivity contribution < 1.29 is 0 Å². The van der Waals surface area contributed by atoms with Crippen LogP contribution in [0, 0.1) is 11.3 Å². The summed E-state index contributed by atoms with van der Waals surface area (Å²) in [5.74, 6) is 0.902. The lowest BCUT2D eigenvalue weighted by Crippen LogP contribution is -2.48. The number of hydrogen-bond donors (Lipinski definition) is 1. The van der Waals surface area contributed by atoms with E-state index < -0.39 is 0 Å². The molecule has 1 fully saturated rings. The predicted molar refractivity (Wildman–Crippen MR) is 131 cm³/mol. The fourth-order valence-electron chi connectivity index (χ4n) is 5.90. The lowest BCUT2D eigenvalue weighted by molar-refractivity contribution is 0.0399. The standard InChI is InChI=1S/C26H53N.ClH/c1-4-7-8-9-10-11-12-13-14-15-16-21-25(27)26(22-6-3)23-18-17-20-24(26)19-5-2;/h24-25H,4-23,27H2,1-3H3;1H. The zero-order valence-corrected chi connectivity index (χ0v) is 20.6. The van der Waals surface area contributed by atoms with E-state index >= 15 is 0 Å². The molecule has 0 aromatic rings. The van der Waals surface area contributed by atoms with Crippen LogP contribution in [-0.4, -0.2) is 6.04 Å². The van der Waals surface area contributed by atoms with E-state index in [4.69, 9.17) is 5.73 Å². The third-order valence-corrected chi connectivity index (χ3v) is 7.47. The molecule has 0 amide bonds. The molecule has 1 aliphatic rings.